The van der Waals surface area contributed by atoms with E-state index in [0.29, 0.717) is 18.7 Å². The van der Waals surface area contributed by atoms with E-state index < -0.39 is 0 Å². The van der Waals surface area contributed by atoms with Crippen molar-refractivity contribution < 1.29 is 9.53 Å². The lowest BCUT2D eigenvalue weighted by molar-refractivity contribution is -0.117. The molecule has 86 valence electrons. The molecule has 0 fully saturated rings. The molecule has 0 bridgehead atoms. The lowest BCUT2D eigenvalue weighted by Crippen LogP contribution is -2.27. The van der Waals surface area contributed by atoms with E-state index in [0.717, 1.165) is 5.56 Å². The van der Waals surface area contributed by atoms with Gasteiger partial charge in [-0.05, 0) is 18.6 Å². The molecule has 1 amide bonds. The van der Waals surface area contributed by atoms with Crippen molar-refractivity contribution in [2.24, 2.45) is 0 Å². The number of carbonyl (C=O) groups is 1. The van der Waals surface area contributed by atoms with Gasteiger partial charge in [0.1, 0.15) is 0 Å². The minimum Gasteiger partial charge on any atom is -0.383 e. The minimum atomic E-state index is -0.0547. The molecule has 0 aromatic heterocycles. The number of ether oxygens (including phenoxy) is 1. The Morgan fingerprint density at radius 3 is 2.69 bits per heavy atom. The normalized spacial score (nSPS) is 11.2. The molecule has 0 saturated heterocycles. The van der Waals surface area contributed by atoms with Crippen molar-refractivity contribution in [1.29, 1.82) is 0 Å². The van der Waals surface area contributed by atoms with E-state index in [9.17, 15) is 4.79 Å². The summed E-state index contributed by atoms with van der Waals surface area (Å²) < 4.78 is 4.86. The van der Waals surface area contributed by atoms with E-state index in [1.165, 1.54) is 0 Å². The number of rotatable bonds is 5. The van der Waals surface area contributed by atoms with Gasteiger partial charge >= 0.3 is 0 Å². The van der Waals surface area contributed by atoms with E-state index in [-0.39, 0.29) is 5.91 Å². The van der Waals surface area contributed by atoms with Crippen molar-refractivity contribution in [3.8, 4) is 0 Å². The molecule has 0 unspecified atom stereocenters. The number of hydrogen-bond acceptors (Lipinski definition) is 2. The first kappa shape index (κ1) is 12.5. The Balaban J connectivity index is 2.53. The number of carbonyl (C=O) groups excluding carboxylic acids is 1. The summed E-state index contributed by atoms with van der Waals surface area (Å²) in [6.07, 6.45) is 1.86. The Labute approximate surface area is 96.1 Å². The summed E-state index contributed by atoms with van der Waals surface area (Å²) in [5, 5.41) is 2.77. The van der Waals surface area contributed by atoms with Crippen LogP contribution in [0.5, 0.6) is 0 Å². The van der Waals surface area contributed by atoms with E-state index in [4.69, 9.17) is 4.74 Å². The molecule has 0 aliphatic carbocycles. The number of methoxy groups -OCH3 is 1. The summed E-state index contributed by atoms with van der Waals surface area (Å²) in [6, 6.07) is 9.77. The van der Waals surface area contributed by atoms with Crippen LogP contribution in [-0.2, 0) is 9.53 Å². The van der Waals surface area contributed by atoms with Gasteiger partial charge in [-0.15, -0.1) is 0 Å². The van der Waals surface area contributed by atoms with Crippen molar-refractivity contribution in [3.63, 3.8) is 0 Å². The predicted octanol–water partition coefficient (Wildman–Crippen LogP) is 1.85. The van der Waals surface area contributed by atoms with E-state index >= 15 is 0 Å². The first-order valence-electron chi connectivity index (χ1n) is 5.24. The number of benzene rings is 1. The molecule has 3 nitrogen and oxygen atoms in total. The first-order chi connectivity index (χ1) is 7.74. The molecule has 0 radical (unpaired) electrons. The van der Waals surface area contributed by atoms with Gasteiger partial charge in [0.25, 0.3) is 0 Å². The van der Waals surface area contributed by atoms with Crippen LogP contribution in [0, 0.1) is 0 Å². The summed E-state index contributed by atoms with van der Waals surface area (Å²) in [6.45, 7) is 2.87. The SMILES string of the molecule is COCCNC(=O)/C(C)=C\c1ccccc1. The molecule has 1 aromatic rings. The average Bonchev–Trinajstić information content (AvgIpc) is 2.30. The molecular weight excluding hydrogens is 202 g/mol. The third kappa shape index (κ3) is 4.28. The van der Waals surface area contributed by atoms with Gasteiger partial charge in [-0.1, -0.05) is 30.3 Å². The molecule has 1 aromatic carbocycles. The Hall–Kier alpha value is -1.61. The molecule has 0 aliphatic rings. The highest BCUT2D eigenvalue weighted by Crippen LogP contribution is 2.05. The van der Waals surface area contributed by atoms with Gasteiger partial charge in [0, 0.05) is 19.2 Å². The highest BCUT2D eigenvalue weighted by molar-refractivity contribution is 5.97. The fourth-order valence-corrected chi connectivity index (χ4v) is 1.27. The van der Waals surface area contributed by atoms with Crippen LogP contribution in [0.15, 0.2) is 35.9 Å². The maximum Gasteiger partial charge on any atom is 0.247 e. The van der Waals surface area contributed by atoms with Crippen LogP contribution < -0.4 is 5.32 Å². The summed E-state index contributed by atoms with van der Waals surface area (Å²) in [4.78, 5) is 11.6. The van der Waals surface area contributed by atoms with Crippen molar-refractivity contribution >= 4 is 12.0 Å². The fourth-order valence-electron chi connectivity index (χ4n) is 1.27. The molecule has 0 saturated carbocycles. The molecule has 1 N–H and O–H groups in total. The van der Waals surface area contributed by atoms with Crippen molar-refractivity contribution in [1.82, 2.24) is 5.32 Å². The maximum atomic E-state index is 11.6. The summed E-state index contributed by atoms with van der Waals surface area (Å²) in [5.41, 5.74) is 1.73. The van der Waals surface area contributed by atoms with Gasteiger partial charge in [0.05, 0.1) is 6.61 Å². The number of nitrogens with one attached hydrogen (secondary N) is 1. The quantitative estimate of drug-likeness (QED) is 0.606. The minimum absolute atomic E-state index is 0.0547. The van der Waals surface area contributed by atoms with Crippen molar-refractivity contribution in [2.75, 3.05) is 20.3 Å². The van der Waals surface area contributed by atoms with Crippen LogP contribution in [-0.4, -0.2) is 26.2 Å². The first-order valence-corrected chi connectivity index (χ1v) is 5.24. The molecule has 0 heterocycles. The monoisotopic (exact) mass is 219 g/mol. The van der Waals surface area contributed by atoms with Crippen molar-refractivity contribution in [2.45, 2.75) is 6.92 Å². The second-order valence-corrected chi connectivity index (χ2v) is 3.49. The highest BCUT2D eigenvalue weighted by atomic mass is 16.5. The highest BCUT2D eigenvalue weighted by Gasteiger charge is 2.02. The van der Waals surface area contributed by atoms with Crippen LogP contribution in [0.25, 0.3) is 6.08 Å². The second kappa shape index (κ2) is 6.80. The molecule has 3 heteroatoms. The topological polar surface area (TPSA) is 38.3 Å². The van der Waals surface area contributed by atoms with Gasteiger partial charge in [-0.2, -0.15) is 0 Å². The fraction of sp³-hybridized carbons (Fsp3) is 0.308. The van der Waals surface area contributed by atoms with E-state index in [2.05, 4.69) is 5.32 Å². The van der Waals surface area contributed by atoms with E-state index in [1.807, 2.05) is 36.4 Å². The summed E-state index contributed by atoms with van der Waals surface area (Å²) >= 11 is 0. The lowest BCUT2D eigenvalue weighted by atomic mass is 10.1. The zero-order valence-corrected chi connectivity index (χ0v) is 9.69. The lowest BCUT2D eigenvalue weighted by Gasteiger charge is -2.04. The molecule has 0 spiro atoms. The molecular formula is C13H17NO2. The number of hydrogen-bond donors (Lipinski definition) is 1. The second-order valence-electron chi connectivity index (χ2n) is 3.49. The van der Waals surface area contributed by atoms with Gasteiger partial charge < -0.3 is 10.1 Å². The van der Waals surface area contributed by atoms with Crippen molar-refractivity contribution in [3.05, 3.63) is 41.5 Å². The van der Waals surface area contributed by atoms with Gasteiger partial charge in [-0.3, -0.25) is 4.79 Å². The third-order valence-electron chi connectivity index (χ3n) is 2.13. The Kier molecular flexibility index (Phi) is 5.29. The molecule has 16 heavy (non-hydrogen) atoms. The Bertz CT molecular complexity index is 357. The molecule has 0 atom stereocenters. The third-order valence-corrected chi connectivity index (χ3v) is 2.13. The summed E-state index contributed by atoms with van der Waals surface area (Å²) in [5.74, 6) is -0.0547. The maximum absolute atomic E-state index is 11.6. The van der Waals surface area contributed by atoms with Gasteiger partial charge in [0.15, 0.2) is 0 Å². The standard InChI is InChI=1S/C13H17NO2/c1-11(13(15)14-8-9-16-2)10-12-6-4-3-5-7-12/h3-7,10H,8-9H2,1-2H3,(H,14,15)/b11-10-. The van der Waals surface area contributed by atoms with Crippen LogP contribution in [0.1, 0.15) is 12.5 Å². The number of amides is 1. The predicted molar refractivity (Wildman–Crippen MR) is 65.0 cm³/mol. The van der Waals surface area contributed by atoms with E-state index in [1.54, 1.807) is 14.0 Å². The largest absolute Gasteiger partial charge is 0.383 e. The van der Waals surface area contributed by atoms with Gasteiger partial charge in [0.2, 0.25) is 5.91 Å². The Morgan fingerprint density at radius 2 is 2.06 bits per heavy atom. The molecule has 0 aliphatic heterocycles. The van der Waals surface area contributed by atoms with Crippen LogP contribution in [0.3, 0.4) is 0 Å². The average molecular weight is 219 g/mol. The summed E-state index contributed by atoms with van der Waals surface area (Å²) in [7, 11) is 1.61. The van der Waals surface area contributed by atoms with Crippen LogP contribution in [0.2, 0.25) is 0 Å². The van der Waals surface area contributed by atoms with Crippen LogP contribution in [0.4, 0.5) is 0 Å². The Morgan fingerprint density at radius 1 is 1.38 bits per heavy atom. The zero-order chi connectivity index (χ0) is 11.8. The van der Waals surface area contributed by atoms with Gasteiger partial charge in [-0.25, -0.2) is 0 Å². The smallest absolute Gasteiger partial charge is 0.247 e. The van der Waals surface area contributed by atoms with Crippen LogP contribution >= 0.6 is 0 Å². The molecule has 1 rings (SSSR count). The zero-order valence-electron chi connectivity index (χ0n) is 9.69.